The zero-order valence-electron chi connectivity index (χ0n) is 8.64. The van der Waals surface area contributed by atoms with Gasteiger partial charge in [-0.25, -0.2) is 18.0 Å². The van der Waals surface area contributed by atoms with Crippen LogP contribution in [-0.2, 0) is 0 Å². The number of hydrogen-bond acceptors (Lipinski definition) is 1. The number of aromatic nitrogens is 2. The Morgan fingerprint density at radius 1 is 1.25 bits per heavy atom. The summed E-state index contributed by atoms with van der Waals surface area (Å²) in [5, 5.41) is 0. The van der Waals surface area contributed by atoms with Crippen LogP contribution in [0.5, 0.6) is 0 Å². The number of nitrogens with zero attached hydrogens (tertiary/aromatic N) is 1. The van der Waals surface area contributed by atoms with Crippen molar-refractivity contribution in [1.82, 2.24) is 9.55 Å². The average molecular weight is 230 g/mol. The molecule has 1 aromatic carbocycles. The highest BCUT2D eigenvalue weighted by molar-refractivity contribution is 5.76. The first-order chi connectivity index (χ1) is 7.43. The molecule has 6 heteroatoms. The van der Waals surface area contributed by atoms with Crippen molar-refractivity contribution in [3.63, 3.8) is 0 Å². The molecular formula is C10H9F3N2O. The number of fused-ring (bicyclic) bond motifs is 1. The second-order valence-corrected chi connectivity index (χ2v) is 3.78. The van der Waals surface area contributed by atoms with Gasteiger partial charge in [0.15, 0.2) is 17.5 Å². The van der Waals surface area contributed by atoms with Gasteiger partial charge in [0.2, 0.25) is 0 Å². The largest absolute Gasteiger partial charge is 0.326 e. The van der Waals surface area contributed by atoms with Crippen molar-refractivity contribution in [2.24, 2.45) is 0 Å². The number of nitrogens with one attached hydrogen (secondary N) is 1. The first-order valence-electron chi connectivity index (χ1n) is 4.71. The van der Waals surface area contributed by atoms with Gasteiger partial charge in [-0.2, -0.15) is 0 Å². The summed E-state index contributed by atoms with van der Waals surface area (Å²) in [7, 11) is 0. The van der Waals surface area contributed by atoms with Gasteiger partial charge in [-0.1, -0.05) is 0 Å². The van der Waals surface area contributed by atoms with Gasteiger partial charge in [0.25, 0.3) is 0 Å². The Hall–Kier alpha value is -1.72. The van der Waals surface area contributed by atoms with E-state index in [0.717, 1.165) is 10.6 Å². The molecular weight excluding hydrogens is 221 g/mol. The van der Waals surface area contributed by atoms with Crippen LogP contribution in [0, 0.1) is 17.5 Å². The van der Waals surface area contributed by atoms with Crippen molar-refractivity contribution < 1.29 is 13.2 Å². The van der Waals surface area contributed by atoms with Crippen LogP contribution in [0.15, 0.2) is 10.9 Å². The molecule has 0 aliphatic carbocycles. The second-order valence-electron chi connectivity index (χ2n) is 3.78. The van der Waals surface area contributed by atoms with Crippen molar-refractivity contribution >= 4 is 11.0 Å². The first-order valence-corrected chi connectivity index (χ1v) is 4.71. The van der Waals surface area contributed by atoms with Crippen LogP contribution in [0.25, 0.3) is 11.0 Å². The topological polar surface area (TPSA) is 37.8 Å². The predicted octanol–water partition coefficient (Wildman–Crippen LogP) is 2.33. The van der Waals surface area contributed by atoms with Gasteiger partial charge in [-0.3, -0.25) is 4.57 Å². The molecule has 0 spiro atoms. The molecule has 3 nitrogen and oxygen atoms in total. The molecule has 86 valence electrons. The van der Waals surface area contributed by atoms with Crippen LogP contribution in [0.3, 0.4) is 0 Å². The number of benzene rings is 1. The third kappa shape index (κ3) is 1.33. The fourth-order valence-corrected chi connectivity index (χ4v) is 1.69. The molecule has 1 aromatic heterocycles. The minimum absolute atomic E-state index is 0.0462. The Kier molecular flexibility index (Phi) is 2.29. The Morgan fingerprint density at radius 3 is 2.44 bits per heavy atom. The van der Waals surface area contributed by atoms with Crippen molar-refractivity contribution in [3.05, 3.63) is 34.0 Å². The second kappa shape index (κ2) is 3.40. The minimum atomic E-state index is -1.57. The highest BCUT2D eigenvalue weighted by Gasteiger charge is 2.20. The zero-order chi connectivity index (χ0) is 12.0. The summed E-state index contributed by atoms with van der Waals surface area (Å²) in [6.45, 7) is 3.30. The molecule has 1 heterocycles. The standard InChI is InChI=1S/C10H9F3N2O/c1-4(2)15-9-6(14-10(15)16)3-5(11)7(12)8(9)13/h3-4H,1-2H3,(H,14,16). The Balaban J connectivity index is 2.99. The van der Waals surface area contributed by atoms with Crippen molar-refractivity contribution in [2.75, 3.05) is 0 Å². The number of rotatable bonds is 1. The molecule has 0 amide bonds. The molecule has 0 saturated heterocycles. The molecule has 0 radical (unpaired) electrons. The summed E-state index contributed by atoms with van der Waals surface area (Å²) in [5.74, 6) is -4.23. The normalized spacial score (nSPS) is 11.6. The quantitative estimate of drug-likeness (QED) is 0.750. The number of H-pyrrole nitrogens is 1. The summed E-state index contributed by atoms with van der Waals surface area (Å²) in [6, 6.07) is 0.425. The SMILES string of the molecule is CC(C)n1c(=O)[nH]c2cc(F)c(F)c(F)c21. The molecule has 1 N–H and O–H groups in total. The fraction of sp³-hybridized carbons (Fsp3) is 0.300. The molecule has 16 heavy (non-hydrogen) atoms. The maximum Gasteiger partial charge on any atom is 0.326 e. The third-order valence-electron chi connectivity index (χ3n) is 2.35. The summed E-state index contributed by atoms with van der Waals surface area (Å²) in [5.41, 5.74) is -0.872. The van der Waals surface area contributed by atoms with Crippen LogP contribution in [-0.4, -0.2) is 9.55 Å². The minimum Gasteiger partial charge on any atom is -0.305 e. The molecule has 0 fully saturated rings. The van der Waals surface area contributed by atoms with Crippen molar-refractivity contribution in [3.8, 4) is 0 Å². The summed E-state index contributed by atoms with van der Waals surface area (Å²) in [6.07, 6.45) is 0. The van der Waals surface area contributed by atoms with Gasteiger partial charge in [0.1, 0.15) is 5.52 Å². The van der Waals surface area contributed by atoms with Gasteiger partial charge >= 0.3 is 5.69 Å². The molecule has 0 atom stereocenters. The lowest BCUT2D eigenvalue weighted by Gasteiger charge is -2.07. The van der Waals surface area contributed by atoms with Gasteiger partial charge in [0, 0.05) is 12.1 Å². The van der Waals surface area contributed by atoms with E-state index in [4.69, 9.17) is 0 Å². The number of imidazole rings is 1. The molecule has 2 rings (SSSR count). The van der Waals surface area contributed by atoms with E-state index in [2.05, 4.69) is 4.98 Å². The van der Waals surface area contributed by atoms with Gasteiger partial charge < -0.3 is 4.98 Å². The van der Waals surface area contributed by atoms with Crippen LogP contribution in [0.1, 0.15) is 19.9 Å². The lowest BCUT2D eigenvalue weighted by molar-refractivity contribution is 0.448. The average Bonchev–Trinajstić information content (AvgIpc) is 2.51. The molecule has 0 unspecified atom stereocenters. The highest BCUT2D eigenvalue weighted by atomic mass is 19.2. The van der Waals surface area contributed by atoms with Crippen LogP contribution >= 0.6 is 0 Å². The van der Waals surface area contributed by atoms with Crippen LogP contribution < -0.4 is 5.69 Å². The van der Waals surface area contributed by atoms with Crippen molar-refractivity contribution in [2.45, 2.75) is 19.9 Å². The summed E-state index contributed by atoms with van der Waals surface area (Å²) in [4.78, 5) is 13.7. The predicted molar refractivity (Wildman–Crippen MR) is 52.8 cm³/mol. The number of halogens is 3. The number of aromatic amines is 1. The third-order valence-corrected chi connectivity index (χ3v) is 2.35. The van der Waals surface area contributed by atoms with Gasteiger partial charge in [-0.15, -0.1) is 0 Å². The smallest absolute Gasteiger partial charge is 0.305 e. The van der Waals surface area contributed by atoms with Gasteiger partial charge in [0.05, 0.1) is 5.52 Å². The molecule has 0 bridgehead atoms. The molecule has 2 aromatic rings. The Labute approximate surface area is 88.5 Å². The van der Waals surface area contributed by atoms with E-state index in [0.29, 0.717) is 0 Å². The van der Waals surface area contributed by atoms with E-state index in [9.17, 15) is 18.0 Å². The number of hydrogen-bond donors (Lipinski definition) is 1. The molecule has 0 aliphatic rings. The van der Waals surface area contributed by atoms with E-state index < -0.39 is 23.1 Å². The van der Waals surface area contributed by atoms with E-state index in [1.165, 1.54) is 0 Å². The fourth-order valence-electron chi connectivity index (χ4n) is 1.69. The van der Waals surface area contributed by atoms with E-state index in [1.807, 2.05) is 0 Å². The summed E-state index contributed by atoms with van der Waals surface area (Å²) >= 11 is 0. The highest BCUT2D eigenvalue weighted by Crippen LogP contribution is 2.22. The zero-order valence-corrected chi connectivity index (χ0v) is 8.64. The van der Waals surface area contributed by atoms with Crippen molar-refractivity contribution in [1.29, 1.82) is 0 Å². The maximum absolute atomic E-state index is 13.5. The molecule has 0 saturated carbocycles. The van der Waals surface area contributed by atoms with E-state index in [-0.39, 0.29) is 17.1 Å². The van der Waals surface area contributed by atoms with E-state index in [1.54, 1.807) is 13.8 Å². The lowest BCUT2D eigenvalue weighted by atomic mass is 10.2. The maximum atomic E-state index is 13.5. The summed E-state index contributed by atoms with van der Waals surface area (Å²) < 4.78 is 40.5. The van der Waals surface area contributed by atoms with Gasteiger partial charge in [-0.05, 0) is 13.8 Å². The first kappa shape index (κ1) is 10.8. The Bertz CT molecular complexity index is 613. The van der Waals surface area contributed by atoms with Crippen LogP contribution in [0.4, 0.5) is 13.2 Å². The van der Waals surface area contributed by atoms with E-state index >= 15 is 0 Å². The lowest BCUT2D eigenvalue weighted by Crippen LogP contribution is -2.19. The Morgan fingerprint density at radius 2 is 1.88 bits per heavy atom. The van der Waals surface area contributed by atoms with Crippen LogP contribution in [0.2, 0.25) is 0 Å². The molecule has 0 aliphatic heterocycles. The monoisotopic (exact) mass is 230 g/mol.